The highest BCUT2D eigenvalue weighted by Gasteiger charge is 2.19. The first-order valence-electron chi connectivity index (χ1n) is 5.92. The summed E-state index contributed by atoms with van der Waals surface area (Å²) in [6, 6.07) is 11.7. The third kappa shape index (κ3) is 3.60. The Morgan fingerprint density at radius 1 is 1.41 bits per heavy atom. The molecule has 0 aromatic heterocycles. The van der Waals surface area contributed by atoms with Crippen LogP contribution in [0, 0.1) is 11.3 Å². The van der Waals surface area contributed by atoms with Crippen molar-refractivity contribution in [2.45, 2.75) is 32.7 Å². The molecule has 1 aromatic rings. The molecule has 0 saturated carbocycles. The molecule has 1 unspecified atom stereocenters. The number of hydrogen-bond acceptors (Lipinski definition) is 3. The highest BCUT2D eigenvalue weighted by atomic mass is 16.1. The van der Waals surface area contributed by atoms with Crippen LogP contribution in [0.4, 0.5) is 5.69 Å². The minimum absolute atomic E-state index is 0.171. The summed E-state index contributed by atoms with van der Waals surface area (Å²) >= 11 is 0. The topological polar surface area (TPSA) is 44.1 Å². The fourth-order valence-electron chi connectivity index (χ4n) is 1.81. The van der Waals surface area contributed by atoms with Crippen molar-refractivity contribution < 1.29 is 4.79 Å². The van der Waals surface area contributed by atoms with Crippen molar-refractivity contribution in [3.05, 3.63) is 30.3 Å². The first-order chi connectivity index (χ1) is 8.20. The molecule has 1 aromatic carbocycles. The lowest BCUT2D eigenvalue weighted by Gasteiger charge is -2.29. The molecule has 0 aliphatic heterocycles. The predicted octanol–water partition coefficient (Wildman–Crippen LogP) is 2.77. The molecule has 0 amide bonds. The lowest BCUT2D eigenvalue weighted by molar-refractivity contribution is -0.119. The first kappa shape index (κ1) is 13.2. The SMILES string of the molecule is CCC(=O)C(C)N(CCC#N)c1ccccc1. The zero-order valence-electron chi connectivity index (χ0n) is 10.4. The molecule has 0 aliphatic rings. The Morgan fingerprint density at radius 3 is 2.59 bits per heavy atom. The summed E-state index contributed by atoms with van der Waals surface area (Å²) in [6.45, 7) is 4.36. The minimum Gasteiger partial charge on any atom is -0.361 e. The van der Waals surface area contributed by atoms with E-state index in [1.54, 1.807) is 0 Å². The Hall–Kier alpha value is -1.82. The molecule has 0 spiro atoms. The number of hydrogen-bond donors (Lipinski definition) is 0. The molecule has 1 atom stereocenters. The van der Waals surface area contributed by atoms with E-state index in [9.17, 15) is 4.79 Å². The number of nitrogens with zero attached hydrogens (tertiary/aromatic N) is 2. The number of carbonyl (C=O) groups is 1. The summed E-state index contributed by atoms with van der Waals surface area (Å²) in [4.78, 5) is 13.8. The molecular weight excluding hydrogens is 212 g/mol. The molecule has 0 N–H and O–H groups in total. The molecule has 3 nitrogen and oxygen atoms in total. The van der Waals surface area contributed by atoms with E-state index in [2.05, 4.69) is 6.07 Å². The molecule has 0 saturated heterocycles. The van der Waals surface area contributed by atoms with E-state index in [1.807, 2.05) is 49.1 Å². The normalized spacial score (nSPS) is 11.6. The molecule has 90 valence electrons. The van der Waals surface area contributed by atoms with Crippen LogP contribution in [0.25, 0.3) is 0 Å². The van der Waals surface area contributed by atoms with Crippen LogP contribution in [0.3, 0.4) is 0 Å². The molecule has 17 heavy (non-hydrogen) atoms. The maximum absolute atomic E-state index is 11.8. The molecule has 1 rings (SSSR count). The van der Waals surface area contributed by atoms with Gasteiger partial charge in [-0.15, -0.1) is 0 Å². The third-order valence-corrected chi connectivity index (χ3v) is 2.83. The molecular formula is C14H18N2O. The lowest BCUT2D eigenvalue weighted by atomic mass is 10.1. The van der Waals surface area contributed by atoms with E-state index in [4.69, 9.17) is 5.26 Å². The van der Waals surface area contributed by atoms with E-state index in [0.717, 1.165) is 5.69 Å². The van der Waals surface area contributed by atoms with E-state index >= 15 is 0 Å². The van der Waals surface area contributed by atoms with Gasteiger partial charge in [-0.25, -0.2) is 0 Å². The van der Waals surface area contributed by atoms with Gasteiger partial charge in [-0.3, -0.25) is 4.79 Å². The molecule has 0 radical (unpaired) electrons. The smallest absolute Gasteiger partial charge is 0.154 e. The van der Waals surface area contributed by atoms with E-state index < -0.39 is 0 Å². The van der Waals surface area contributed by atoms with Gasteiger partial charge in [-0.1, -0.05) is 25.1 Å². The van der Waals surface area contributed by atoms with Crippen molar-refractivity contribution in [2.75, 3.05) is 11.4 Å². The van der Waals surface area contributed by atoms with Crippen LogP contribution >= 0.6 is 0 Å². The number of carbonyl (C=O) groups excluding carboxylic acids is 1. The van der Waals surface area contributed by atoms with Gasteiger partial charge >= 0.3 is 0 Å². The van der Waals surface area contributed by atoms with Crippen molar-refractivity contribution in [2.24, 2.45) is 0 Å². The zero-order chi connectivity index (χ0) is 12.7. The average molecular weight is 230 g/mol. The summed E-state index contributed by atoms with van der Waals surface area (Å²) in [5.41, 5.74) is 0.997. The van der Waals surface area contributed by atoms with E-state index in [1.165, 1.54) is 0 Å². The second kappa shape index (κ2) is 6.70. The van der Waals surface area contributed by atoms with Gasteiger partial charge in [-0.2, -0.15) is 5.26 Å². The third-order valence-electron chi connectivity index (χ3n) is 2.83. The Balaban J connectivity index is 2.88. The highest BCUT2D eigenvalue weighted by molar-refractivity contribution is 5.86. The van der Waals surface area contributed by atoms with Gasteiger partial charge in [0.15, 0.2) is 5.78 Å². The van der Waals surface area contributed by atoms with Crippen LogP contribution in [0.1, 0.15) is 26.7 Å². The number of anilines is 1. The summed E-state index contributed by atoms with van der Waals surface area (Å²) in [5, 5.41) is 8.68. The van der Waals surface area contributed by atoms with Gasteiger partial charge in [0.05, 0.1) is 18.5 Å². The monoisotopic (exact) mass is 230 g/mol. The maximum atomic E-state index is 11.8. The number of Topliss-reactive ketones (excluding diaryl/α,β-unsaturated/α-hetero) is 1. The second-order valence-electron chi connectivity index (χ2n) is 3.93. The summed E-state index contributed by atoms with van der Waals surface area (Å²) in [7, 11) is 0. The quantitative estimate of drug-likeness (QED) is 0.754. The number of benzene rings is 1. The van der Waals surface area contributed by atoms with Crippen LogP contribution in [-0.4, -0.2) is 18.4 Å². The molecule has 0 bridgehead atoms. The number of para-hydroxylation sites is 1. The molecule has 0 aliphatic carbocycles. The second-order valence-corrected chi connectivity index (χ2v) is 3.93. The fraction of sp³-hybridized carbons (Fsp3) is 0.429. The standard InChI is InChI=1S/C14H18N2O/c1-3-14(17)12(2)16(11-7-10-15)13-8-5-4-6-9-13/h4-6,8-9,12H,3,7,11H2,1-2H3. The summed E-state index contributed by atoms with van der Waals surface area (Å²) in [6.07, 6.45) is 0.952. The zero-order valence-corrected chi connectivity index (χ0v) is 10.4. The van der Waals surface area contributed by atoms with Crippen LogP contribution in [0.2, 0.25) is 0 Å². The van der Waals surface area contributed by atoms with E-state index in [0.29, 0.717) is 19.4 Å². The summed E-state index contributed by atoms with van der Waals surface area (Å²) in [5.74, 6) is 0.201. The maximum Gasteiger partial charge on any atom is 0.154 e. The van der Waals surface area contributed by atoms with Gasteiger partial charge in [0.25, 0.3) is 0 Å². The molecule has 0 heterocycles. The van der Waals surface area contributed by atoms with Crippen LogP contribution in [0.15, 0.2) is 30.3 Å². The Bertz CT molecular complexity index is 394. The van der Waals surface area contributed by atoms with Gasteiger partial charge in [-0.05, 0) is 19.1 Å². The van der Waals surface area contributed by atoms with Crippen LogP contribution < -0.4 is 4.90 Å². The van der Waals surface area contributed by atoms with Crippen molar-refractivity contribution in [3.63, 3.8) is 0 Å². The largest absolute Gasteiger partial charge is 0.361 e. The number of ketones is 1. The van der Waals surface area contributed by atoms with Gasteiger partial charge in [0, 0.05) is 18.7 Å². The average Bonchev–Trinajstić information content (AvgIpc) is 2.39. The van der Waals surface area contributed by atoms with Crippen LogP contribution in [0.5, 0.6) is 0 Å². The van der Waals surface area contributed by atoms with Gasteiger partial charge in [0.2, 0.25) is 0 Å². The highest BCUT2D eigenvalue weighted by Crippen LogP contribution is 2.17. The van der Waals surface area contributed by atoms with Gasteiger partial charge in [0.1, 0.15) is 0 Å². The molecule has 0 fully saturated rings. The van der Waals surface area contributed by atoms with Gasteiger partial charge < -0.3 is 4.90 Å². The fourth-order valence-corrected chi connectivity index (χ4v) is 1.81. The molecule has 3 heteroatoms. The summed E-state index contributed by atoms with van der Waals surface area (Å²) < 4.78 is 0. The van der Waals surface area contributed by atoms with Crippen LogP contribution in [-0.2, 0) is 4.79 Å². The Morgan fingerprint density at radius 2 is 2.06 bits per heavy atom. The number of rotatable bonds is 6. The van der Waals surface area contributed by atoms with Crippen molar-refractivity contribution in [1.82, 2.24) is 0 Å². The minimum atomic E-state index is -0.171. The number of nitriles is 1. The van der Waals surface area contributed by atoms with Crippen molar-refractivity contribution >= 4 is 11.5 Å². The first-order valence-corrected chi connectivity index (χ1v) is 5.92. The van der Waals surface area contributed by atoms with Crippen molar-refractivity contribution in [1.29, 1.82) is 5.26 Å². The lowest BCUT2D eigenvalue weighted by Crippen LogP contribution is -2.39. The Kier molecular flexibility index (Phi) is 5.22. The predicted molar refractivity (Wildman–Crippen MR) is 68.8 cm³/mol. The van der Waals surface area contributed by atoms with Crippen molar-refractivity contribution in [3.8, 4) is 6.07 Å². The Labute approximate surface area is 103 Å². The van der Waals surface area contributed by atoms with E-state index in [-0.39, 0.29) is 11.8 Å².